The van der Waals surface area contributed by atoms with Crippen LogP contribution in [0.25, 0.3) is 11.3 Å². The molecule has 106 valence electrons. The fourth-order valence-electron chi connectivity index (χ4n) is 2.94. The van der Waals surface area contributed by atoms with Crippen LogP contribution in [0.1, 0.15) is 37.4 Å². The van der Waals surface area contributed by atoms with Gasteiger partial charge in [-0.1, -0.05) is 12.1 Å². The third-order valence-corrected chi connectivity index (χ3v) is 4.15. The monoisotopic (exact) mass is 271 g/mol. The molecule has 1 aliphatic rings. The van der Waals surface area contributed by atoms with E-state index in [2.05, 4.69) is 9.97 Å². The van der Waals surface area contributed by atoms with Gasteiger partial charge in [-0.3, -0.25) is 0 Å². The van der Waals surface area contributed by atoms with Crippen molar-refractivity contribution in [3.63, 3.8) is 0 Å². The minimum Gasteiger partial charge on any atom is -0.496 e. The van der Waals surface area contributed by atoms with Crippen molar-refractivity contribution in [3.05, 3.63) is 36.3 Å². The molecule has 0 bridgehead atoms. The fourth-order valence-corrected chi connectivity index (χ4v) is 2.94. The molecule has 20 heavy (non-hydrogen) atoms. The van der Waals surface area contributed by atoms with Crippen molar-refractivity contribution >= 4 is 0 Å². The number of aromatic nitrogens is 2. The number of aromatic amines is 1. The molecule has 1 heterocycles. The summed E-state index contributed by atoms with van der Waals surface area (Å²) in [7, 11) is 1.69. The van der Waals surface area contributed by atoms with E-state index in [9.17, 15) is 0 Å². The zero-order valence-electron chi connectivity index (χ0n) is 11.8. The number of rotatable bonds is 3. The van der Waals surface area contributed by atoms with Gasteiger partial charge in [-0.15, -0.1) is 0 Å². The number of methoxy groups -OCH3 is 1. The molecule has 1 saturated carbocycles. The van der Waals surface area contributed by atoms with Crippen LogP contribution < -0.4 is 10.5 Å². The molecule has 4 heteroatoms. The van der Waals surface area contributed by atoms with E-state index >= 15 is 0 Å². The molecule has 0 amide bonds. The maximum Gasteiger partial charge on any atom is 0.128 e. The normalized spacial score (nSPS) is 22.7. The van der Waals surface area contributed by atoms with Crippen LogP contribution in [0, 0.1) is 0 Å². The summed E-state index contributed by atoms with van der Waals surface area (Å²) in [6.07, 6.45) is 6.34. The minimum atomic E-state index is 0.370. The molecule has 3 rings (SSSR count). The number of hydrogen-bond donors (Lipinski definition) is 2. The molecule has 4 nitrogen and oxygen atoms in total. The van der Waals surface area contributed by atoms with Gasteiger partial charge in [-0.2, -0.15) is 0 Å². The first kappa shape index (κ1) is 13.2. The SMILES string of the molecule is COc1ccccc1-c1cnc(C2CCC(N)CC2)[nH]1. The average Bonchev–Trinajstić information content (AvgIpc) is 2.97. The quantitative estimate of drug-likeness (QED) is 0.901. The molecule has 0 atom stereocenters. The first-order valence-electron chi connectivity index (χ1n) is 7.22. The summed E-state index contributed by atoms with van der Waals surface area (Å²) in [5, 5.41) is 0. The molecule has 0 saturated heterocycles. The second-order valence-corrected chi connectivity index (χ2v) is 5.49. The molecule has 1 aliphatic carbocycles. The third kappa shape index (κ3) is 2.56. The van der Waals surface area contributed by atoms with Gasteiger partial charge in [0.1, 0.15) is 11.6 Å². The Morgan fingerprint density at radius 2 is 1.95 bits per heavy atom. The average molecular weight is 271 g/mol. The summed E-state index contributed by atoms with van der Waals surface area (Å²) in [6, 6.07) is 8.37. The summed E-state index contributed by atoms with van der Waals surface area (Å²) in [4.78, 5) is 8.02. The van der Waals surface area contributed by atoms with Gasteiger partial charge in [0.2, 0.25) is 0 Å². The zero-order chi connectivity index (χ0) is 13.9. The molecular weight excluding hydrogens is 250 g/mol. The molecule has 3 N–H and O–H groups in total. The maximum atomic E-state index is 5.96. The number of ether oxygens (including phenoxy) is 1. The lowest BCUT2D eigenvalue weighted by Gasteiger charge is -2.24. The summed E-state index contributed by atoms with van der Waals surface area (Å²) >= 11 is 0. The Balaban J connectivity index is 1.83. The van der Waals surface area contributed by atoms with Crippen molar-refractivity contribution < 1.29 is 4.74 Å². The van der Waals surface area contributed by atoms with Crippen molar-refractivity contribution in [3.8, 4) is 17.0 Å². The standard InChI is InChI=1S/C16H21N3O/c1-20-15-5-3-2-4-13(15)14-10-18-16(19-14)11-6-8-12(17)9-7-11/h2-5,10-12H,6-9,17H2,1H3,(H,18,19). The number of nitrogens with two attached hydrogens (primary N) is 1. The van der Waals surface area contributed by atoms with E-state index in [0.717, 1.165) is 48.5 Å². The molecule has 1 aromatic carbocycles. The van der Waals surface area contributed by atoms with E-state index in [1.165, 1.54) is 0 Å². The van der Waals surface area contributed by atoms with Crippen molar-refractivity contribution in [2.75, 3.05) is 7.11 Å². The van der Waals surface area contributed by atoms with Gasteiger partial charge in [0, 0.05) is 17.5 Å². The maximum absolute atomic E-state index is 5.96. The van der Waals surface area contributed by atoms with E-state index in [4.69, 9.17) is 10.5 Å². The van der Waals surface area contributed by atoms with E-state index in [1.54, 1.807) is 7.11 Å². The number of para-hydroxylation sites is 1. The molecular formula is C16H21N3O. The van der Waals surface area contributed by atoms with Crippen LogP contribution >= 0.6 is 0 Å². The van der Waals surface area contributed by atoms with Gasteiger partial charge < -0.3 is 15.5 Å². The highest BCUT2D eigenvalue weighted by Crippen LogP contribution is 2.33. The van der Waals surface area contributed by atoms with Crippen molar-refractivity contribution in [1.29, 1.82) is 0 Å². The van der Waals surface area contributed by atoms with Crippen LogP contribution in [-0.2, 0) is 0 Å². The van der Waals surface area contributed by atoms with E-state index in [-0.39, 0.29) is 0 Å². The van der Waals surface area contributed by atoms with Crippen LogP contribution in [0.15, 0.2) is 30.5 Å². The second-order valence-electron chi connectivity index (χ2n) is 5.49. The van der Waals surface area contributed by atoms with Crippen LogP contribution in [0.3, 0.4) is 0 Å². The number of H-pyrrole nitrogens is 1. The fraction of sp³-hybridized carbons (Fsp3) is 0.438. The Kier molecular flexibility index (Phi) is 3.74. The lowest BCUT2D eigenvalue weighted by molar-refractivity contribution is 0.386. The van der Waals surface area contributed by atoms with Gasteiger partial charge in [0.25, 0.3) is 0 Å². The highest BCUT2D eigenvalue weighted by molar-refractivity contribution is 5.66. The summed E-state index contributed by atoms with van der Waals surface area (Å²) in [5.74, 6) is 2.46. The van der Waals surface area contributed by atoms with Gasteiger partial charge >= 0.3 is 0 Å². The number of nitrogens with zero attached hydrogens (tertiary/aromatic N) is 1. The van der Waals surface area contributed by atoms with Crippen LogP contribution in [0.5, 0.6) is 5.75 Å². The minimum absolute atomic E-state index is 0.370. The Morgan fingerprint density at radius 3 is 2.70 bits per heavy atom. The summed E-state index contributed by atoms with van der Waals surface area (Å²) in [5.41, 5.74) is 8.04. The topological polar surface area (TPSA) is 63.9 Å². The first-order valence-corrected chi connectivity index (χ1v) is 7.22. The molecule has 0 spiro atoms. The van der Waals surface area contributed by atoms with Crippen LogP contribution in [-0.4, -0.2) is 23.1 Å². The molecule has 2 aromatic rings. The zero-order valence-corrected chi connectivity index (χ0v) is 11.8. The molecule has 0 unspecified atom stereocenters. The van der Waals surface area contributed by atoms with E-state index in [0.29, 0.717) is 12.0 Å². The van der Waals surface area contributed by atoms with Gasteiger partial charge in [-0.05, 0) is 37.8 Å². The molecule has 0 radical (unpaired) electrons. The van der Waals surface area contributed by atoms with Gasteiger partial charge in [0.15, 0.2) is 0 Å². The highest BCUT2D eigenvalue weighted by atomic mass is 16.5. The van der Waals surface area contributed by atoms with Crippen LogP contribution in [0.2, 0.25) is 0 Å². The Labute approximate surface area is 119 Å². The predicted molar refractivity (Wildman–Crippen MR) is 79.8 cm³/mol. The van der Waals surface area contributed by atoms with Crippen molar-refractivity contribution in [1.82, 2.24) is 9.97 Å². The molecule has 0 aliphatic heterocycles. The molecule has 1 aromatic heterocycles. The largest absolute Gasteiger partial charge is 0.496 e. The Morgan fingerprint density at radius 1 is 1.20 bits per heavy atom. The van der Waals surface area contributed by atoms with E-state index < -0.39 is 0 Å². The Hall–Kier alpha value is -1.81. The Bertz CT molecular complexity index is 571. The van der Waals surface area contributed by atoms with Crippen LogP contribution in [0.4, 0.5) is 0 Å². The summed E-state index contributed by atoms with van der Waals surface area (Å²) < 4.78 is 5.40. The highest BCUT2D eigenvalue weighted by Gasteiger charge is 2.22. The molecule has 1 fully saturated rings. The number of hydrogen-bond acceptors (Lipinski definition) is 3. The van der Waals surface area contributed by atoms with Crippen molar-refractivity contribution in [2.24, 2.45) is 5.73 Å². The number of benzene rings is 1. The smallest absolute Gasteiger partial charge is 0.128 e. The van der Waals surface area contributed by atoms with E-state index in [1.807, 2.05) is 30.5 Å². The first-order chi connectivity index (χ1) is 9.78. The predicted octanol–water partition coefficient (Wildman–Crippen LogP) is 3.07. The van der Waals surface area contributed by atoms with Gasteiger partial charge in [-0.25, -0.2) is 4.98 Å². The lowest BCUT2D eigenvalue weighted by Crippen LogP contribution is -2.26. The third-order valence-electron chi connectivity index (χ3n) is 4.15. The summed E-state index contributed by atoms with van der Waals surface area (Å²) in [6.45, 7) is 0. The number of nitrogens with one attached hydrogen (secondary N) is 1. The van der Waals surface area contributed by atoms with Crippen molar-refractivity contribution in [2.45, 2.75) is 37.6 Å². The number of imidazole rings is 1. The van der Waals surface area contributed by atoms with Gasteiger partial charge in [0.05, 0.1) is 19.0 Å². The lowest BCUT2D eigenvalue weighted by atomic mass is 9.86. The second kappa shape index (κ2) is 5.67.